The molecule has 0 saturated carbocycles. The maximum absolute atomic E-state index is 12.5. The summed E-state index contributed by atoms with van der Waals surface area (Å²) < 4.78 is 0.963. The van der Waals surface area contributed by atoms with Gasteiger partial charge in [0, 0.05) is 21.7 Å². The number of para-hydroxylation sites is 1. The summed E-state index contributed by atoms with van der Waals surface area (Å²) in [6, 6.07) is 9.03. The molecular formula is C17H15IN4O2. The van der Waals surface area contributed by atoms with Crippen molar-refractivity contribution in [3.63, 3.8) is 0 Å². The largest absolute Gasteiger partial charge is 0.343 e. The first kappa shape index (κ1) is 16.6. The number of nitrogens with zero attached hydrogens (tertiary/aromatic N) is 3. The molecule has 122 valence electrons. The molecule has 2 aromatic rings. The SMILES string of the molecule is N#C[C@@H]1CCCN1C(=O)CNC(=O)c1ccnc2c(I)cccc12. The van der Waals surface area contributed by atoms with Crippen LogP contribution in [0.15, 0.2) is 30.5 Å². The fourth-order valence-electron chi connectivity index (χ4n) is 2.89. The van der Waals surface area contributed by atoms with Crippen LogP contribution in [0, 0.1) is 14.9 Å². The molecule has 7 heteroatoms. The van der Waals surface area contributed by atoms with Gasteiger partial charge in [-0.2, -0.15) is 5.26 Å². The number of rotatable bonds is 3. The second-order valence-electron chi connectivity index (χ2n) is 5.55. The molecule has 1 fully saturated rings. The molecule has 1 aromatic carbocycles. The molecule has 3 rings (SSSR count). The van der Waals surface area contributed by atoms with Gasteiger partial charge in [-0.1, -0.05) is 12.1 Å². The molecule has 6 nitrogen and oxygen atoms in total. The topological polar surface area (TPSA) is 86.1 Å². The zero-order valence-corrected chi connectivity index (χ0v) is 15.0. The van der Waals surface area contributed by atoms with Gasteiger partial charge in [0.2, 0.25) is 5.91 Å². The number of halogens is 1. The van der Waals surface area contributed by atoms with Gasteiger partial charge in [0.15, 0.2) is 0 Å². The Kier molecular flexibility index (Phi) is 4.94. The highest BCUT2D eigenvalue weighted by Crippen LogP contribution is 2.21. The number of hydrogen-bond donors (Lipinski definition) is 1. The molecule has 0 bridgehead atoms. The number of aromatic nitrogens is 1. The Bertz CT molecular complexity index is 846. The number of fused-ring (bicyclic) bond motifs is 1. The van der Waals surface area contributed by atoms with Crippen molar-refractivity contribution in [2.45, 2.75) is 18.9 Å². The monoisotopic (exact) mass is 434 g/mol. The number of carbonyl (C=O) groups excluding carboxylic acids is 2. The number of benzene rings is 1. The lowest BCUT2D eigenvalue weighted by Gasteiger charge is -2.19. The summed E-state index contributed by atoms with van der Waals surface area (Å²) in [6.45, 7) is 0.466. The molecule has 0 unspecified atom stereocenters. The van der Waals surface area contributed by atoms with Crippen molar-refractivity contribution in [1.82, 2.24) is 15.2 Å². The molecule has 0 aliphatic carbocycles. The molecule has 1 N–H and O–H groups in total. The van der Waals surface area contributed by atoms with Crippen LogP contribution in [0.25, 0.3) is 10.9 Å². The molecule has 1 aromatic heterocycles. The van der Waals surface area contributed by atoms with E-state index < -0.39 is 0 Å². The van der Waals surface area contributed by atoms with Crippen molar-refractivity contribution in [2.24, 2.45) is 0 Å². The smallest absolute Gasteiger partial charge is 0.252 e. The summed E-state index contributed by atoms with van der Waals surface area (Å²) in [6.07, 6.45) is 3.11. The minimum absolute atomic E-state index is 0.106. The number of carbonyl (C=O) groups is 2. The van der Waals surface area contributed by atoms with Crippen molar-refractivity contribution >= 4 is 45.3 Å². The highest BCUT2D eigenvalue weighted by molar-refractivity contribution is 14.1. The minimum Gasteiger partial charge on any atom is -0.343 e. The van der Waals surface area contributed by atoms with Crippen LogP contribution in [0.1, 0.15) is 23.2 Å². The van der Waals surface area contributed by atoms with Crippen molar-refractivity contribution < 1.29 is 9.59 Å². The third-order valence-corrected chi connectivity index (χ3v) is 4.96. The number of hydrogen-bond acceptors (Lipinski definition) is 4. The lowest BCUT2D eigenvalue weighted by molar-refractivity contribution is -0.130. The number of likely N-dealkylation sites (tertiary alicyclic amines) is 1. The second kappa shape index (κ2) is 7.13. The first-order valence-corrected chi connectivity index (χ1v) is 8.70. The quantitative estimate of drug-likeness (QED) is 0.750. The van der Waals surface area contributed by atoms with E-state index in [0.717, 1.165) is 20.9 Å². The highest BCUT2D eigenvalue weighted by atomic mass is 127. The summed E-state index contributed by atoms with van der Waals surface area (Å²) in [5.74, 6) is -0.536. The zero-order chi connectivity index (χ0) is 17.1. The highest BCUT2D eigenvalue weighted by Gasteiger charge is 2.28. The van der Waals surface area contributed by atoms with E-state index in [4.69, 9.17) is 5.26 Å². The Labute approximate surface area is 153 Å². The van der Waals surface area contributed by atoms with E-state index >= 15 is 0 Å². The van der Waals surface area contributed by atoms with E-state index in [1.807, 2.05) is 18.2 Å². The Morgan fingerprint density at radius 2 is 2.25 bits per heavy atom. The molecule has 1 aliphatic rings. The molecule has 2 heterocycles. The Hall–Kier alpha value is -2.21. The van der Waals surface area contributed by atoms with Crippen LogP contribution in [-0.4, -0.2) is 40.8 Å². The standard InChI is InChI=1S/C17H15IN4O2/c18-14-5-1-4-12-13(6-7-20-16(12)14)17(24)21-10-15(23)22-8-2-3-11(22)9-19/h1,4-7,11H,2-3,8,10H2,(H,21,24)/t11-/m0/s1. The Morgan fingerprint density at radius 3 is 3.04 bits per heavy atom. The minimum atomic E-state index is -0.377. The van der Waals surface area contributed by atoms with Gasteiger partial charge >= 0.3 is 0 Å². The number of pyridine rings is 1. The molecule has 2 amide bonds. The summed E-state index contributed by atoms with van der Waals surface area (Å²) >= 11 is 2.18. The second-order valence-corrected chi connectivity index (χ2v) is 6.71. The summed E-state index contributed by atoms with van der Waals surface area (Å²) in [5.41, 5.74) is 1.26. The van der Waals surface area contributed by atoms with Crippen molar-refractivity contribution in [3.8, 4) is 6.07 Å². The van der Waals surface area contributed by atoms with Gasteiger partial charge in [-0.3, -0.25) is 14.6 Å². The first-order chi connectivity index (χ1) is 11.6. The van der Waals surface area contributed by atoms with Crippen LogP contribution in [0.5, 0.6) is 0 Å². The molecular weight excluding hydrogens is 419 g/mol. The van der Waals surface area contributed by atoms with Gasteiger partial charge in [0.25, 0.3) is 5.91 Å². The van der Waals surface area contributed by atoms with Crippen LogP contribution in [-0.2, 0) is 4.79 Å². The zero-order valence-electron chi connectivity index (χ0n) is 12.8. The lowest BCUT2D eigenvalue weighted by atomic mass is 10.1. The number of nitrogens with one attached hydrogen (secondary N) is 1. The maximum Gasteiger partial charge on any atom is 0.252 e. The van der Waals surface area contributed by atoms with E-state index in [1.165, 1.54) is 4.90 Å². The average Bonchev–Trinajstić information content (AvgIpc) is 3.08. The fourth-order valence-corrected chi connectivity index (χ4v) is 3.53. The van der Waals surface area contributed by atoms with Crippen molar-refractivity contribution in [1.29, 1.82) is 5.26 Å². The lowest BCUT2D eigenvalue weighted by Crippen LogP contribution is -2.42. The molecule has 1 atom stereocenters. The van der Waals surface area contributed by atoms with Gasteiger partial charge in [-0.15, -0.1) is 0 Å². The molecule has 1 aliphatic heterocycles. The van der Waals surface area contributed by atoms with Crippen LogP contribution in [0.2, 0.25) is 0 Å². The summed E-state index contributed by atoms with van der Waals surface area (Å²) in [5, 5.41) is 12.5. The van der Waals surface area contributed by atoms with Crippen LogP contribution < -0.4 is 5.32 Å². The van der Waals surface area contributed by atoms with E-state index in [9.17, 15) is 9.59 Å². The normalized spacial score (nSPS) is 16.8. The third-order valence-electron chi connectivity index (χ3n) is 4.09. The van der Waals surface area contributed by atoms with Gasteiger partial charge < -0.3 is 10.2 Å². The molecule has 0 spiro atoms. The Morgan fingerprint density at radius 1 is 1.42 bits per heavy atom. The fraction of sp³-hybridized carbons (Fsp3) is 0.294. The molecule has 0 radical (unpaired) electrons. The molecule has 1 saturated heterocycles. The van der Waals surface area contributed by atoms with E-state index in [-0.39, 0.29) is 24.4 Å². The van der Waals surface area contributed by atoms with Crippen LogP contribution in [0.3, 0.4) is 0 Å². The maximum atomic E-state index is 12.5. The predicted molar refractivity (Wildman–Crippen MR) is 97.1 cm³/mol. The summed E-state index contributed by atoms with van der Waals surface area (Å²) in [4.78, 5) is 30.5. The van der Waals surface area contributed by atoms with Crippen LogP contribution in [0.4, 0.5) is 0 Å². The average molecular weight is 434 g/mol. The first-order valence-electron chi connectivity index (χ1n) is 7.62. The van der Waals surface area contributed by atoms with Crippen molar-refractivity contribution in [3.05, 3.63) is 39.6 Å². The predicted octanol–water partition coefficient (Wildman–Crippen LogP) is 2.08. The van der Waals surface area contributed by atoms with Crippen LogP contribution >= 0.6 is 22.6 Å². The van der Waals surface area contributed by atoms with Gasteiger partial charge in [-0.25, -0.2) is 0 Å². The number of nitriles is 1. The van der Waals surface area contributed by atoms with Gasteiger partial charge in [0.1, 0.15) is 6.04 Å². The Balaban J connectivity index is 1.73. The van der Waals surface area contributed by atoms with E-state index in [0.29, 0.717) is 18.5 Å². The summed E-state index contributed by atoms with van der Waals surface area (Å²) in [7, 11) is 0. The number of amides is 2. The third kappa shape index (κ3) is 3.19. The van der Waals surface area contributed by atoms with Crippen molar-refractivity contribution in [2.75, 3.05) is 13.1 Å². The van der Waals surface area contributed by atoms with Gasteiger partial charge in [-0.05, 0) is 47.6 Å². The van der Waals surface area contributed by atoms with E-state index in [1.54, 1.807) is 12.3 Å². The van der Waals surface area contributed by atoms with Gasteiger partial charge in [0.05, 0.1) is 23.7 Å². The molecule has 24 heavy (non-hydrogen) atoms. The van der Waals surface area contributed by atoms with E-state index in [2.05, 4.69) is 39.0 Å².